The van der Waals surface area contributed by atoms with Crippen LogP contribution in [0.3, 0.4) is 0 Å². The molecule has 5 saturated carbocycles. The van der Waals surface area contributed by atoms with Gasteiger partial charge in [0.25, 0.3) is 6.04 Å². The van der Waals surface area contributed by atoms with Gasteiger partial charge >= 0.3 is 53.9 Å². The van der Waals surface area contributed by atoms with E-state index >= 15 is 0 Å². The van der Waals surface area contributed by atoms with Crippen LogP contribution in [0.5, 0.6) is 0 Å². The number of Topliss-reactive ketones (excluding diaryl/α,β-unsaturated/α-hetero) is 3. The molecule has 8 aliphatic carbocycles. The van der Waals surface area contributed by atoms with Crippen molar-refractivity contribution >= 4 is 25.4 Å². The van der Waals surface area contributed by atoms with E-state index in [1.165, 1.54) is 31.3 Å². The maximum absolute atomic E-state index is 13.2. The molecule has 5 fully saturated rings. The van der Waals surface area contributed by atoms with Crippen molar-refractivity contribution in [2.45, 2.75) is 264 Å². The third kappa shape index (κ3) is 15.4. The molecule has 0 aromatic carbocycles. The topological polar surface area (TPSA) is 196 Å². The van der Waals surface area contributed by atoms with E-state index < -0.39 is 102 Å². The van der Waals surface area contributed by atoms with Gasteiger partial charge in [0.1, 0.15) is 17.3 Å². The molecule has 0 amide bonds. The third-order valence-corrected chi connectivity index (χ3v) is 23.7. The molecular weight excluding hydrogens is 1260 g/mol. The first-order valence-corrected chi connectivity index (χ1v) is 33.7. The maximum Gasteiger partial charge on any atom is 1.00 e. The molecule has 92 heavy (non-hydrogen) atoms. The summed E-state index contributed by atoms with van der Waals surface area (Å²) in [7, 11) is -2.11. The number of rotatable bonds is 0. The maximum atomic E-state index is 13.2. The van der Waals surface area contributed by atoms with Crippen LogP contribution in [0.15, 0.2) is 33.2 Å². The van der Waals surface area contributed by atoms with E-state index in [-0.39, 0.29) is 127 Å². The number of alkyl halides is 12. The average Bonchev–Trinajstić information content (AvgIpc) is 0.977. The molecule has 10 rings (SSSR count). The van der Waals surface area contributed by atoms with Crippen LogP contribution in [0.1, 0.15) is 200 Å². The Morgan fingerprint density at radius 3 is 1.35 bits per heavy atom. The normalized spacial score (nSPS) is 35.5. The van der Waals surface area contributed by atoms with E-state index in [1.807, 2.05) is 27.0 Å². The van der Waals surface area contributed by atoms with Gasteiger partial charge in [-0.1, -0.05) is 127 Å². The van der Waals surface area contributed by atoms with Gasteiger partial charge < -0.3 is 39.1 Å². The number of aromatic nitrogens is 2. The molecule has 0 spiro atoms. The van der Waals surface area contributed by atoms with Gasteiger partial charge in [0.2, 0.25) is 11.5 Å². The number of allylic oxidation sites excluding steroid dienone is 2. The van der Waals surface area contributed by atoms with Gasteiger partial charge in [0, 0.05) is 55.0 Å². The van der Waals surface area contributed by atoms with Crippen LogP contribution in [-0.2, 0) is 38.1 Å². The molecule has 2 heterocycles. The summed E-state index contributed by atoms with van der Waals surface area (Å²) in [6.45, 7) is 40.7. The quantitative estimate of drug-likeness (QED) is 0.129. The SMILES string of the molecule is C.CC1(C)c2oncc2C[C@]2(C)CC(=O)CC[C@@H]12.CC1(C)c2oncc2C[C@]2(C)C[C@](O)(C(F)(F)F)CC[C@@H]12.C[O-].C[Si](C)(C)C(F)(F)F.[2H][2H].[C-]#[N+]C1=C[C@]2(C)C[C@](O)(C(F)(F)F)CC[C@H]2C(C)(C)C1=O.[C-]#[N+]C1C[C@]2(C)C[C@](O)(C(F)(F)F)CC[C@H]2C(C)(C)C1=O.[Na+]. The monoisotopic (exact) mass is 1360 g/mol. The number of hydrogen-bond acceptors (Lipinski definition) is 11. The largest absolute Gasteiger partial charge is 1.00 e. The van der Waals surface area contributed by atoms with E-state index in [1.54, 1.807) is 47.7 Å². The van der Waals surface area contributed by atoms with Crippen LogP contribution in [0, 0.1) is 69.3 Å². The minimum atomic E-state index is -4.71. The Balaban J connectivity index is 0.000000401. The van der Waals surface area contributed by atoms with Crippen molar-refractivity contribution in [1.82, 2.24) is 10.3 Å². The Hall–Kier alpha value is -3.63. The van der Waals surface area contributed by atoms with Crippen molar-refractivity contribution < 1.29 is 129 Å². The van der Waals surface area contributed by atoms with E-state index in [9.17, 15) is 82.4 Å². The Labute approximate surface area is 559 Å². The van der Waals surface area contributed by atoms with Gasteiger partial charge in [0.15, 0.2) is 30.7 Å². The van der Waals surface area contributed by atoms with Crippen molar-refractivity contribution in [3.63, 3.8) is 0 Å². The molecule has 13 nitrogen and oxygen atoms in total. The number of aliphatic hydroxyl groups is 3. The van der Waals surface area contributed by atoms with Crippen LogP contribution >= 0.6 is 0 Å². The standard InChI is InChI=1S/2C15H20F3NO2.C15H18F3NO2.C14H19NO2.C4H9F3Si.CH3O.CH4.Na.H2/c1-12(2)10-4-5-14(20,15(16,17)18)8-13(10,3)6-9-7-19-21-11(9)12;2*1-12(2)10-5-6-14(21,15(16,17)18)8-13(10,3)7-9(19-4)11(12)20;1-13(2)11-5-4-10(16)7-14(11,3)6-9-8-15-17-12(9)13;1-8(2,3)4(5,6)7;1-2;;;/h7,10,20H,4-6,8H2,1-3H3;9-10,21H,5-8H2,1-3H3;7,10,21H,5-6,8H2,1-3H3;8,11H,4-7H2,1-3H3;1-3H3;1H3;1H4;;1H/q;;;;;-1;;+1;/t10-,13+,14-;9?,10-,13+,14-;10-,13+,14-;11-,14+;;;;;/m0000...../s1/i;;;;;;;;1+1D. The molecule has 0 aliphatic heterocycles. The zero-order valence-electron chi connectivity index (χ0n) is 57.3. The molecule has 518 valence electrons. The second kappa shape index (κ2) is 27.0. The summed E-state index contributed by atoms with van der Waals surface area (Å²) in [4.78, 5) is 42.8. The van der Waals surface area contributed by atoms with Crippen molar-refractivity contribution in [3.8, 4) is 0 Å². The zero-order chi connectivity index (χ0) is 71.5. The fourth-order valence-corrected chi connectivity index (χ4v) is 17.6. The molecule has 8 aliphatic rings. The van der Waals surface area contributed by atoms with E-state index in [0.717, 1.165) is 43.5 Å². The van der Waals surface area contributed by atoms with Gasteiger partial charge in [-0.05, 0) is 122 Å². The summed E-state index contributed by atoms with van der Waals surface area (Å²) in [6, 6.07) is -0.906. The van der Waals surface area contributed by atoms with Crippen molar-refractivity contribution in [2.75, 3.05) is 7.11 Å². The minimum absolute atomic E-state index is 0. The van der Waals surface area contributed by atoms with E-state index in [0.29, 0.717) is 31.0 Å². The number of fused-ring (bicyclic) bond motifs is 6. The number of carbonyl (C=O) groups is 3. The fraction of sp³-hybridized carbons (Fsp3) is 0.800. The summed E-state index contributed by atoms with van der Waals surface area (Å²) < 4.78 is 174. The van der Waals surface area contributed by atoms with Crippen molar-refractivity contribution in [3.05, 3.63) is 69.6 Å². The van der Waals surface area contributed by atoms with Gasteiger partial charge in [-0.3, -0.25) is 9.59 Å². The molecule has 2 aromatic rings. The molecular formula is C65H95F12N4NaO9Si. The third-order valence-electron chi connectivity index (χ3n) is 22.0. The van der Waals surface area contributed by atoms with E-state index in [4.69, 9.17) is 30.3 Å². The van der Waals surface area contributed by atoms with Crippen LogP contribution in [0.2, 0.25) is 19.6 Å². The Morgan fingerprint density at radius 2 is 0.957 bits per heavy atom. The summed E-state index contributed by atoms with van der Waals surface area (Å²) in [5.41, 5.74) is -10.6. The number of hydrogen-bond donors (Lipinski definition) is 3. The first kappa shape index (κ1) is 80.8. The summed E-state index contributed by atoms with van der Waals surface area (Å²) in [5.74, 6) is -2.19. The number of ketones is 3. The molecule has 27 heteroatoms. The average molecular weight is 1360 g/mol. The summed E-state index contributed by atoms with van der Waals surface area (Å²) >= 11 is 0. The van der Waals surface area contributed by atoms with Gasteiger partial charge in [-0.25, -0.2) is 11.4 Å². The molecule has 0 radical (unpaired) electrons. The number of carbonyl (C=O) groups excluding carboxylic acids is 3. The van der Waals surface area contributed by atoms with E-state index in [2.05, 4.69) is 40.8 Å². The summed E-state index contributed by atoms with van der Waals surface area (Å²) in [5, 5.41) is 46.1. The predicted octanol–water partition coefficient (Wildman–Crippen LogP) is 12.7. The molecule has 1 unspecified atom stereocenters. The zero-order valence-corrected chi connectivity index (χ0v) is 58.3. The minimum Gasteiger partial charge on any atom is -0.857 e. The molecule has 0 bridgehead atoms. The predicted molar refractivity (Wildman–Crippen MR) is 318 cm³/mol. The van der Waals surface area contributed by atoms with Crippen LogP contribution in [0.25, 0.3) is 9.69 Å². The molecule has 12 atom stereocenters. The Morgan fingerprint density at radius 1 is 0.587 bits per heavy atom. The second-order valence-corrected chi connectivity index (χ2v) is 36.3. The Kier molecular flexibility index (Phi) is 23.7. The molecule has 3 N–H and O–H groups in total. The second-order valence-electron chi connectivity index (χ2n) is 31.2. The first-order chi connectivity index (χ1) is 41.4. The summed E-state index contributed by atoms with van der Waals surface area (Å²) in [6.07, 6.45) is -6.92. The first-order valence-electron chi connectivity index (χ1n) is 31.2. The smallest absolute Gasteiger partial charge is 0.857 e. The van der Waals surface area contributed by atoms with Crippen LogP contribution < -0.4 is 34.7 Å². The number of nitrogens with zero attached hydrogens (tertiary/aromatic N) is 4. The number of halogens is 12. The fourth-order valence-electron chi connectivity index (χ4n) is 17.6. The Bertz CT molecular complexity index is 3100. The molecule has 0 saturated heterocycles. The van der Waals surface area contributed by atoms with Crippen LogP contribution in [-0.4, -0.2) is 105 Å². The van der Waals surface area contributed by atoms with Crippen molar-refractivity contribution in [2.24, 2.45) is 56.2 Å². The van der Waals surface area contributed by atoms with Gasteiger partial charge in [-0.15, -0.1) is 0 Å². The van der Waals surface area contributed by atoms with Gasteiger partial charge in [0.05, 0.1) is 19.0 Å². The van der Waals surface area contributed by atoms with Gasteiger partial charge in [-0.2, -0.15) is 59.8 Å². The molecule has 2 aromatic heterocycles. The van der Waals surface area contributed by atoms with Crippen LogP contribution in [0.4, 0.5) is 52.7 Å². The van der Waals surface area contributed by atoms with Crippen molar-refractivity contribution in [1.29, 1.82) is 0 Å².